The molecule has 0 spiro atoms. The summed E-state index contributed by atoms with van der Waals surface area (Å²) in [6.07, 6.45) is 11.9. The molecule has 3 fully saturated rings. The molecule has 2 N–H and O–H groups in total. The van der Waals surface area contributed by atoms with Gasteiger partial charge in [-0.05, 0) is 68.8 Å². The minimum atomic E-state index is -0.651. The quantitative estimate of drug-likeness (QED) is 0.211. The fourth-order valence-corrected chi connectivity index (χ4v) is 7.22. The number of H-pyrrole nitrogens is 1. The number of rotatable bonds is 10. The second-order valence-electron chi connectivity index (χ2n) is 12.8. The number of nitrogens with one attached hydrogen (secondary N) is 2. The highest BCUT2D eigenvalue weighted by molar-refractivity contribution is 5.87. The van der Waals surface area contributed by atoms with E-state index in [4.69, 9.17) is 24.2 Å². The summed E-state index contributed by atoms with van der Waals surface area (Å²) in [5, 5.41) is 7.64. The average molecular weight is 611 g/mol. The third kappa shape index (κ3) is 5.81. The van der Waals surface area contributed by atoms with Gasteiger partial charge in [-0.25, -0.2) is 14.8 Å². The van der Waals surface area contributed by atoms with Crippen LogP contribution in [0.5, 0.6) is 0 Å². The van der Waals surface area contributed by atoms with Crippen LogP contribution in [0.15, 0.2) is 65.0 Å². The number of benzene rings is 1. The Balaban J connectivity index is 1.39. The Morgan fingerprint density at radius 1 is 1.07 bits per heavy atom. The van der Waals surface area contributed by atoms with Crippen LogP contribution < -0.4 is 16.0 Å². The Bertz CT molecular complexity index is 1700. The molecular weight excluding hydrogens is 568 g/mol. The van der Waals surface area contributed by atoms with Crippen molar-refractivity contribution in [3.05, 3.63) is 71.8 Å². The van der Waals surface area contributed by atoms with Gasteiger partial charge in [-0.2, -0.15) is 4.98 Å². The number of ether oxygens (including phenoxy) is 1. The van der Waals surface area contributed by atoms with Crippen LogP contribution in [0, 0.1) is 17.8 Å². The fourth-order valence-electron chi connectivity index (χ4n) is 7.22. The maximum Gasteiger partial charge on any atom is 0.439 e. The van der Waals surface area contributed by atoms with Crippen molar-refractivity contribution in [3.8, 4) is 11.6 Å². The minimum absolute atomic E-state index is 0.117. The number of aromatic nitrogens is 6. The topological polar surface area (TPSA) is 127 Å². The van der Waals surface area contributed by atoms with Crippen LogP contribution >= 0.6 is 0 Å². The lowest BCUT2D eigenvalue weighted by atomic mass is 9.80. The molecule has 1 aliphatic heterocycles. The number of hydrogen-bond acceptors (Lipinski definition) is 9. The molecule has 11 nitrogen and oxygen atoms in total. The monoisotopic (exact) mass is 610 g/mol. The minimum Gasteiger partial charge on any atom is -0.370 e. The first-order valence-electron chi connectivity index (χ1n) is 16.3. The molecule has 3 atom stereocenters. The number of anilines is 2. The molecule has 4 aromatic rings. The number of aromatic amines is 1. The molecule has 4 heterocycles. The zero-order valence-corrected chi connectivity index (χ0v) is 25.9. The maximum absolute atomic E-state index is 11.9. The lowest BCUT2D eigenvalue weighted by Crippen LogP contribution is -2.46. The Hall–Kier alpha value is -4.25. The standard InChI is InChI=1S/C34H42N8O3/c1-4-22-14-16-23(17-15-22)20-42-28-29(35-21(3)24-12-9-13-24)36-31(32-39-34(43)45-40-32)37-30(28)38-33(42)41-18-19-44-26(5-2)27(41)25-10-7-6-8-11-25/h4-8,10-11,21-24,26-27H,1-2,9,12-20H2,3H3,(H,35,36,37)(H,39,40,43)/t21-,22-,23-,26+,27-/m1/s1. The first-order chi connectivity index (χ1) is 22.0. The largest absolute Gasteiger partial charge is 0.439 e. The van der Waals surface area contributed by atoms with Crippen molar-refractivity contribution in [3.63, 3.8) is 0 Å². The van der Waals surface area contributed by atoms with Crippen LogP contribution in [0.4, 0.5) is 11.8 Å². The van der Waals surface area contributed by atoms with Crippen LogP contribution in [-0.4, -0.2) is 55.0 Å². The lowest BCUT2D eigenvalue weighted by Gasteiger charge is -2.41. The van der Waals surface area contributed by atoms with E-state index < -0.39 is 5.76 Å². The molecule has 3 aromatic heterocycles. The molecule has 45 heavy (non-hydrogen) atoms. The predicted molar refractivity (Wildman–Crippen MR) is 174 cm³/mol. The van der Waals surface area contributed by atoms with Crippen LogP contribution in [-0.2, 0) is 11.3 Å². The van der Waals surface area contributed by atoms with E-state index in [9.17, 15) is 4.79 Å². The molecule has 1 saturated heterocycles. The highest BCUT2D eigenvalue weighted by Crippen LogP contribution is 2.40. The van der Waals surface area contributed by atoms with Gasteiger partial charge in [-0.3, -0.25) is 9.51 Å². The van der Waals surface area contributed by atoms with Crippen LogP contribution in [0.3, 0.4) is 0 Å². The molecule has 3 aliphatic rings. The molecule has 0 bridgehead atoms. The molecule has 1 aromatic carbocycles. The first kappa shape index (κ1) is 29.5. The second-order valence-corrected chi connectivity index (χ2v) is 12.8. The Kier molecular flexibility index (Phi) is 8.27. The van der Waals surface area contributed by atoms with Gasteiger partial charge in [-0.1, -0.05) is 54.1 Å². The van der Waals surface area contributed by atoms with Gasteiger partial charge in [0.05, 0.1) is 18.8 Å². The van der Waals surface area contributed by atoms with Crippen molar-refractivity contribution in [2.45, 2.75) is 76.6 Å². The van der Waals surface area contributed by atoms with Gasteiger partial charge in [0.1, 0.15) is 5.52 Å². The highest BCUT2D eigenvalue weighted by Gasteiger charge is 2.37. The number of hydrogen-bond donors (Lipinski definition) is 2. The fraction of sp³-hybridized carbons (Fsp3) is 0.500. The van der Waals surface area contributed by atoms with Crippen molar-refractivity contribution < 1.29 is 9.26 Å². The number of morpholine rings is 1. The molecule has 236 valence electrons. The Labute approximate surface area is 262 Å². The van der Waals surface area contributed by atoms with Gasteiger partial charge in [0.2, 0.25) is 17.6 Å². The summed E-state index contributed by atoms with van der Waals surface area (Å²) in [5.74, 6) is 2.96. The van der Waals surface area contributed by atoms with E-state index in [1.165, 1.54) is 19.3 Å². The zero-order valence-electron chi connectivity index (χ0n) is 25.9. The van der Waals surface area contributed by atoms with Crippen molar-refractivity contribution in [1.82, 2.24) is 29.7 Å². The summed E-state index contributed by atoms with van der Waals surface area (Å²) in [4.78, 5) is 31.9. The van der Waals surface area contributed by atoms with Crippen LogP contribution in [0.25, 0.3) is 22.8 Å². The normalized spacial score (nSPS) is 24.7. The van der Waals surface area contributed by atoms with Gasteiger partial charge in [0.25, 0.3) is 0 Å². The SMILES string of the molecule is C=C[C@@H]1OCCN(c2nc3nc(-c4noc(=O)[nH]4)nc(N[C@H](C)C4CCC4)c3n2C[C@H]2CC[C@H](C=C)CC2)[C@@H]1c1ccccc1. The summed E-state index contributed by atoms with van der Waals surface area (Å²) in [5.41, 5.74) is 2.55. The average Bonchev–Trinajstić information content (AvgIpc) is 3.64. The van der Waals surface area contributed by atoms with Crippen molar-refractivity contribution in [2.75, 3.05) is 23.4 Å². The van der Waals surface area contributed by atoms with Gasteiger partial charge in [0.15, 0.2) is 11.5 Å². The summed E-state index contributed by atoms with van der Waals surface area (Å²) in [6, 6.07) is 10.5. The highest BCUT2D eigenvalue weighted by atomic mass is 16.5. The van der Waals surface area contributed by atoms with Crippen molar-refractivity contribution in [2.24, 2.45) is 17.8 Å². The first-order valence-corrected chi connectivity index (χ1v) is 16.3. The zero-order chi connectivity index (χ0) is 30.9. The molecule has 7 rings (SSSR count). The molecule has 0 amide bonds. The summed E-state index contributed by atoms with van der Waals surface area (Å²) in [7, 11) is 0. The predicted octanol–water partition coefficient (Wildman–Crippen LogP) is 5.90. The van der Waals surface area contributed by atoms with Crippen molar-refractivity contribution >= 4 is 22.9 Å². The van der Waals surface area contributed by atoms with E-state index in [1.54, 1.807) is 0 Å². The van der Waals surface area contributed by atoms with Crippen LogP contribution in [0.1, 0.15) is 63.5 Å². The van der Waals surface area contributed by atoms with E-state index in [0.717, 1.165) is 49.3 Å². The number of allylic oxidation sites excluding steroid dienone is 1. The molecular formula is C34H42N8O3. The molecule has 2 aliphatic carbocycles. The molecule has 0 radical (unpaired) electrons. The van der Waals surface area contributed by atoms with Crippen LogP contribution in [0.2, 0.25) is 0 Å². The summed E-state index contributed by atoms with van der Waals surface area (Å²) >= 11 is 0. The Morgan fingerprint density at radius 2 is 1.87 bits per heavy atom. The number of nitrogens with zero attached hydrogens (tertiary/aromatic N) is 6. The second kappa shape index (κ2) is 12.6. The van der Waals surface area contributed by atoms with Gasteiger partial charge >= 0.3 is 5.76 Å². The van der Waals surface area contributed by atoms with E-state index >= 15 is 0 Å². The summed E-state index contributed by atoms with van der Waals surface area (Å²) in [6.45, 7) is 12.4. The number of imidazole rings is 1. The maximum atomic E-state index is 11.9. The van der Waals surface area contributed by atoms with E-state index in [2.05, 4.69) is 75.3 Å². The van der Waals surface area contributed by atoms with Gasteiger partial charge < -0.3 is 19.5 Å². The molecule has 0 unspecified atom stereocenters. The van der Waals surface area contributed by atoms with E-state index in [-0.39, 0.29) is 29.8 Å². The van der Waals surface area contributed by atoms with Gasteiger partial charge in [-0.15, -0.1) is 13.2 Å². The smallest absolute Gasteiger partial charge is 0.370 e. The van der Waals surface area contributed by atoms with Gasteiger partial charge in [0, 0.05) is 19.1 Å². The van der Waals surface area contributed by atoms with E-state index in [0.29, 0.717) is 42.4 Å². The Morgan fingerprint density at radius 3 is 2.53 bits per heavy atom. The third-order valence-corrected chi connectivity index (χ3v) is 10.0. The molecule has 11 heteroatoms. The lowest BCUT2D eigenvalue weighted by molar-refractivity contribution is 0.0410. The summed E-state index contributed by atoms with van der Waals surface area (Å²) < 4.78 is 13.4. The molecule has 2 saturated carbocycles. The van der Waals surface area contributed by atoms with Crippen molar-refractivity contribution in [1.29, 1.82) is 0 Å². The van der Waals surface area contributed by atoms with E-state index in [1.807, 2.05) is 12.1 Å². The number of fused-ring (bicyclic) bond motifs is 1. The third-order valence-electron chi connectivity index (χ3n) is 10.0.